The number of aromatic nitrogens is 2. The van der Waals surface area contributed by atoms with Crippen molar-refractivity contribution in [3.05, 3.63) is 35.2 Å². The van der Waals surface area contributed by atoms with Crippen LogP contribution in [0.25, 0.3) is 5.65 Å². The van der Waals surface area contributed by atoms with Crippen LogP contribution in [0.3, 0.4) is 0 Å². The number of aliphatic carboxylic acids is 1. The lowest BCUT2D eigenvalue weighted by Gasteiger charge is -2.20. The minimum absolute atomic E-state index is 0.217. The number of imidazole rings is 1. The summed E-state index contributed by atoms with van der Waals surface area (Å²) in [7, 11) is 0. The number of hydrogen-bond acceptors (Lipinski definition) is 3. The first-order valence-corrected chi connectivity index (χ1v) is 6.25. The molecule has 0 bridgehead atoms. The van der Waals surface area contributed by atoms with Gasteiger partial charge in [-0.1, -0.05) is 11.6 Å². The fourth-order valence-corrected chi connectivity index (χ4v) is 2.10. The molecule has 0 fully saturated rings. The summed E-state index contributed by atoms with van der Waals surface area (Å²) in [6.07, 6.45) is -1.39. The number of rotatable bonds is 5. The summed E-state index contributed by atoms with van der Waals surface area (Å²) in [6.45, 7) is -2.24. The number of carboxylic acids is 1. The maximum Gasteiger partial charge on any atom is 0.401 e. The van der Waals surface area contributed by atoms with Gasteiger partial charge in [-0.3, -0.25) is 9.69 Å². The Morgan fingerprint density at radius 3 is 2.71 bits per heavy atom. The number of carbonyl (C=O) groups is 1. The maximum absolute atomic E-state index is 12.4. The van der Waals surface area contributed by atoms with Gasteiger partial charge >= 0.3 is 12.1 Å². The topological polar surface area (TPSA) is 57.8 Å². The summed E-state index contributed by atoms with van der Waals surface area (Å²) in [5.74, 6) is -1.33. The van der Waals surface area contributed by atoms with E-state index in [4.69, 9.17) is 16.7 Å². The molecule has 21 heavy (non-hydrogen) atoms. The lowest BCUT2D eigenvalue weighted by Crippen LogP contribution is -2.37. The van der Waals surface area contributed by atoms with E-state index in [9.17, 15) is 18.0 Å². The van der Waals surface area contributed by atoms with Crippen LogP contribution in [0.15, 0.2) is 24.5 Å². The fraction of sp³-hybridized carbons (Fsp3) is 0.333. The number of carboxylic acid groups (broad SMARTS) is 1. The van der Waals surface area contributed by atoms with Crippen molar-refractivity contribution < 1.29 is 23.1 Å². The molecule has 2 rings (SSSR count). The minimum Gasteiger partial charge on any atom is -0.480 e. The molecule has 0 saturated carbocycles. The second kappa shape index (κ2) is 5.90. The van der Waals surface area contributed by atoms with Crippen molar-refractivity contribution in [2.24, 2.45) is 0 Å². The zero-order valence-electron chi connectivity index (χ0n) is 10.6. The molecule has 0 aliphatic heterocycles. The van der Waals surface area contributed by atoms with Gasteiger partial charge in [0.15, 0.2) is 0 Å². The van der Waals surface area contributed by atoms with Crippen molar-refractivity contribution in [2.75, 3.05) is 13.1 Å². The van der Waals surface area contributed by atoms with E-state index in [1.807, 2.05) is 0 Å². The Labute approximate surface area is 122 Å². The van der Waals surface area contributed by atoms with Gasteiger partial charge in [-0.2, -0.15) is 13.2 Å². The van der Waals surface area contributed by atoms with Crippen LogP contribution in [0.5, 0.6) is 0 Å². The van der Waals surface area contributed by atoms with E-state index >= 15 is 0 Å². The Morgan fingerprint density at radius 2 is 2.10 bits per heavy atom. The van der Waals surface area contributed by atoms with Gasteiger partial charge in [0.2, 0.25) is 0 Å². The Bertz CT molecular complexity index is 657. The predicted molar refractivity (Wildman–Crippen MR) is 69.2 cm³/mol. The van der Waals surface area contributed by atoms with Crippen LogP contribution in [-0.4, -0.2) is 44.6 Å². The molecule has 0 saturated heterocycles. The third kappa shape index (κ3) is 4.61. The van der Waals surface area contributed by atoms with Gasteiger partial charge in [0, 0.05) is 18.9 Å². The van der Waals surface area contributed by atoms with Crippen molar-refractivity contribution in [2.45, 2.75) is 12.7 Å². The molecule has 0 amide bonds. The van der Waals surface area contributed by atoms with E-state index in [1.165, 1.54) is 6.20 Å². The lowest BCUT2D eigenvalue weighted by molar-refractivity contribution is -0.154. The van der Waals surface area contributed by atoms with Crippen LogP contribution in [0.1, 0.15) is 5.69 Å². The second-order valence-corrected chi connectivity index (χ2v) is 4.94. The van der Waals surface area contributed by atoms with Crippen LogP contribution in [0.4, 0.5) is 13.2 Å². The summed E-state index contributed by atoms with van der Waals surface area (Å²) >= 11 is 5.80. The van der Waals surface area contributed by atoms with Crippen LogP contribution in [-0.2, 0) is 11.3 Å². The first kappa shape index (κ1) is 15.6. The maximum atomic E-state index is 12.4. The van der Waals surface area contributed by atoms with Crippen molar-refractivity contribution >= 4 is 23.2 Å². The van der Waals surface area contributed by atoms with E-state index in [0.29, 0.717) is 16.4 Å². The Morgan fingerprint density at radius 1 is 1.38 bits per heavy atom. The summed E-state index contributed by atoms with van der Waals surface area (Å²) in [5.41, 5.74) is 0.861. The Balaban J connectivity index is 2.19. The molecule has 0 aromatic carbocycles. The van der Waals surface area contributed by atoms with E-state index in [2.05, 4.69) is 4.98 Å². The molecule has 2 aromatic rings. The highest BCUT2D eigenvalue weighted by molar-refractivity contribution is 6.30. The highest BCUT2D eigenvalue weighted by atomic mass is 35.5. The van der Waals surface area contributed by atoms with Crippen LogP contribution in [0, 0.1) is 0 Å². The zero-order chi connectivity index (χ0) is 15.6. The molecule has 0 aliphatic carbocycles. The van der Waals surface area contributed by atoms with Crippen molar-refractivity contribution in [3.63, 3.8) is 0 Å². The molecule has 0 aliphatic rings. The van der Waals surface area contributed by atoms with E-state index < -0.39 is 25.2 Å². The van der Waals surface area contributed by atoms with Crippen molar-refractivity contribution in [1.29, 1.82) is 0 Å². The Kier molecular flexibility index (Phi) is 4.38. The molecule has 2 heterocycles. The predicted octanol–water partition coefficient (Wildman–Crippen LogP) is 2.44. The highest BCUT2D eigenvalue weighted by Gasteiger charge is 2.31. The average Bonchev–Trinajstić information content (AvgIpc) is 2.66. The third-order valence-electron chi connectivity index (χ3n) is 2.61. The number of fused-ring (bicyclic) bond motifs is 1. The number of nitrogens with zero attached hydrogens (tertiary/aromatic N) is 3. The zero-order valence-corrected chi connectivity index (χ0v) is 11.4. The second-order valence-electron chi connectivity index (χ2n) is 4.50. The van der Waals surface area contributed by atoms with Gasteiger partial charge in [0.1, 0.15) is 5.65 Å². The van der Waals surface area contributed by atoms with Crippen LogP contribution in [0.2, 0.25) is 5.02 Å². The monoisotopic (exact) mass is 321 g/mol. The number of halogens is 4. The van der Waals surface area contributed by atoms with Gasteiger partial charge in [-0.05, 0) is 12.1 Å². The lowest BCUT2D eigenvalue weighted by atomic mass is 10.4. The van der Waals surface area contributed by atoms with E-state index in [1.54, 1.807) is 22.7 Å². The molecule has 0 atom stereocenters. The third-order valence-corrected chi connectivity index (χ3v) is 2.84. The summed E-state index contributed by atoms with van der Waals surface area (Å²) in [6, 6.07) is 3.23. The smallest absolute Gasteiger partial charge is 0.401 e. The molecular weight excluding hydrogens is 311 g/mol. The summed E-state index contributed by atoms with van der Waals surface area (Å²) < 4.78 is 38.9. The normalized spacial score (nSPS) is 12.2. The molecule has 1 N–H and O–H groups in total. The number of alkyl halides is 3. The van der Waals surface area contributed by atoms with Crippen LogP contribution < -0.4 is 0 Å². The molecule has 9 heteroatoms. The minimum atomic E-state index is -4.47. The molecule has 114 valence electrons. The summed E-state index contributed by atoms with van der Waals surface area (Å²) in [5, 5.41) is 9.15. The SMILES string of the molecule is O=C(O)CN(Cc1cn2cc(Cl)ccc2n1)CC(F)(F)F. The molecule has 0 spiro atoms. The standard InChI is InChI=1S/C12H11ClF3N3O2/c13-8-1-2-10-17-9(5-19(10)3-8)4-18(6-11(20)21)7-12(14,15)16/h1-3,5H,4,6-7H2,(H,20,21). The van der Waals surface area contributed by atoms with Gasteiger partial charge in [-0.25, -0.2) is 4.98 Å². The van der Waals surface area contributed by atoms with Gasteiger partial charge in [-0.15, -0.1) is 0 Å². The molecule has 2 aromatic heterocycles. The van der Waals surface area contributed by atoms with Gasteiger partial charge < -0.3 is 9.51 Å². The number of hydrogen-bond donors (Lipinski definition) is 1. The first-order valence-electron chi connectivity index (χ1n) is 5.87. The molecule has 5 nitrogen and oxygen atoms in total. The fourth-order valence-electron chi connectivity index (χ4n) is 1.94. The van der Waals surface area contributed by atoms with Crippen LogP contribution >= 0.6 is 11.6 Å². The molecule has 0 unspecified atom stereocenters. The van der Waals surface area contributed by atoms with E-state index in [-0.39, 0.29) is 6.54 Å². The van der Waals surface area contributed by atoms with Gasteiger partial charge in [0.05, 0.1) is 23.8 Å². The highest BCUT2D eigenvalue weighted by Crippen LogP contribution is 2.18. The Hall–Kier alpha value is -1.80. The van der Waals surface area contributed by atoms with Gasteiger partial charge in [0.25, 0.3) is 0 Å². The quantitative estimate of drug-likeness (QED) is 0.919. The first-order chi connectivity index (χ1) is 9.73. The average molecular weight is 322 g/mol. The largest absolute Gasteiger partial charge is 0.480 e. The number of pyridine rings is 1. The molecular formula is C12H11ClF3N3O2. The van der Waals surface area contributed by atoms with Crippen molar-refractivity contribution in [3.8, 4) is 0 Å². The van der Waals surface area contributed by atoms with E-state index in [0.717, 1.165) is 4.90 Å². The van der Waals surface area contributed by atoms with Crippen molar-refractivity contribution in [1.82, 2.24) is 14.3 Å². The summed E-state index contributed by atoms with van der Waals surface area (Å²) in [4.78, 5) is 15.6. The molecule has 0 radical (unpaired) electrons.